The zero-order valence-corrected chi connectivity index (χ0v) is 20.4. The summed E-state index contributed by atoms with van der Waals surface area (Å²) in [6.07, 6.45) is 0.825. The van der Waals surface area contributed by atoms with E-state index in [2.05, 4.69) is 16.8 Å². The summed E-state index contributed by atoms with van der Waals surface area (Å²) in [5, 5.41) is 4.87. The number of hydrogen-bond donors (Lipinski definition) is 1. The lowest BCUT2D eigenvalue weighted by atomic mass is 10.0. The van der Waals surface area contributed by atoms with Crippen LogP contribution in [0.2, 0.25) is 0 Å². The molecule has 1 N–H and O–H groups in total. The Kier molecular flexibility index (Phi) is 6.34. The Bertz CT molecular complexity index is 1410. The van der Waals surface area contributed by atoms with Crippen LogP contribution in [0.25, 0.3) is 10.9 Å². The van der Waals surface area contributed by atoms with Crippen molar-refractivity contribution in [3.8, 4) is 0 Å². The number of nitrogens with one attached hydrogen (secondary N) is 1. The Balaban J connectivity index is 1.64. The number of carbonyl (C=O) groups excluding carboxylic acids is 2. The molecule has 0 fully saturated rings. The first-order chi connectivity index (χ1) is 17.0. The highest BCUT2D eigenvalue weighted by molar-refractivity contribution is 8.00. The van der Waals surface area contributed by atoms with Gasteiger partial charge >= 0.3 is 0 Å². The van der Waals surface area contributed by atoms with Gasteiger partial charge in [-0.05, 0) is 47.9 Å². The van der Waals surface area contributed by atoms with Crippen LogP contribution in [0.15, 0.2) is 77.8 Å². The van der Waals surface area contributed by atoms with Gasteiger partial charge < -0.3 is 9.88 Å². The van der Waals surface area contributed by atoms with Gasteiger partial charge in [0.25, 0.3) is 0 Å². The summed E-state index contributed by atoms with van der Waals surface area (Å²) in [6.45, 7) is 2.30. The SMILES string of the molecule is CCc1cccc(N2C(=O)CSc3c(c4ccccc4n3C)[C@H]2C(=O)NCc2ccc(F)cc2)c1. The summed E-state index contributed by atoms with van der Waals surface area (Å²) >= 11 is 1.47. The van der Waals surface area contributed by atoms with Gasteiger partial charge in [-0.15, -0.1) is 0 Å². The number of thioether (sulfide) groups is 1. The van der Waals surface area contributed by atoms with Crippen molar-refractivity contribution in [1.29, 1.82) is 0 Å². The maximum Gasteiger partial charge on any atom is 0.248 e. The highest BCUT2D eigenvalue weighted by Crippen LogP contribution is 2.43. The van der Waals surface area contributed by atoms with Crippen LogP contribution in [0.3, 0.4) is 0 Å². The summed E-state index contributed by atoms with van der Waals surface area (Å²) in [6, 6.07) is 21.0. The summed E-state index contributed by atoms with van der Waals surface area (Å²) in [4.78, 5) is 29.1. The molecule has 7 heteroatoms. The number of para-hydroxylation sites is 1. The lowest BCUT2D eigenvalue weighted by molar-refractivity contribution is -0.125. The minimum Gasteiger partial charge on any atom is -0.350 e. The fraction of sp³-hybridized carbons (Fsp3) is 0.214. The standard InChI is InChI=1S/C28H26FN3O2S/c1-3-18-7-6-8-21(15-18)32-24(33)17-35-28-25(22-9-4-5-10-23(22)31(28)2)26(32)27(34)30-16-19-11-13-20(29)14-12-19/h4-15,26H,3,16-17H2,1-2H3,(H,30,34)/t26-/m0/s1. The van der Waals surface area contributed by atoms with E-state index in [0.717, 1.165) is 39.0 Å². The Morgan fingerprint density at radius 1 is 1.06 bits per heavy atom. The molecule has 1 atom stereocenters. The van der Waals surface area contributed by atoms with Crippen LogP contribution in [0.5, 0.6) is 0 Å². The fourth-order valence-corrected chi connectivity index (χ4v) is 5.73. The van der Waals surface area contributed by atoms with Crippen LogP contribution >= 0.6 is 11.8 Å². The molecule has 0 radical (unpaired) electrons. The minimum absolute atomic E-state index is 0.120. The monoisotopic (exact) mass is 487 g/mol. The van der Waals surface area contributed by atoms with Crippen LogP contribution in [0.4, 0.5) is 10.1 Å². The molecule has 1 aliphatic rings. The zero-order chi connectivity index (χ0) is 24.5. The predicted molar refractivity (Wildman–Crippen MR) is 138 cm³/mol. The van der Waals surface area contributed by atoms with Crippen molar-refractivity contribution >= 4 is 40.2 Å². The summed E-state index contributed by atoms with van der Waals surface area (Å²) in [5.74, 6) is -0.487. The van der Waals surface area contributed by atoms with Gasteiger partial charge in [-0.3, -0.25) is 14.5 Å². The molecule has 0 saturated heterocycles. The van der Waals surface area contributed by atoms with Crippen LogP contribution in [-0.2, 0) is 29.6 Å². The second-order valence-electron chi connectivity index (χ2n) is 8.62. The number of aryl methyl sites for hydroxylation is 2. The number of halogens is 1. The molecule has 0 spiro atoms. The van der Waals surface area contributed by atoms with Gasteiger partial charge in [0.1, 0.15) is 11.9 Å². The molecule has 1 aliphatic heterocycles. The van der Waals surface area contributed by atoms with Crippen molar-refractivity contribution in [2.24, 2.45) is 7.05 Å². The number of hydrogen-bond acceptors (Lipinski definition) is 3. The number of nitrogens with zero attached hydrogens (tertiary/aromatic N) is 2. The molecule has 0 unspecified atom stereocenters. The first-order valence-electron chi connectivity index (χ1n) is 11.6. The maximum absolute atomic E-state index is 13.9. The molecule has 2 amide bonds. The van der Waals surface area contributed by atoms with Gasteiger partial charge in [-0.2, -0.15) is 0 Å². The fourth-order valence-electron chi connectivity index (χ4n) is 4.67. The molecule has 5 rings (SSSR count). The second-order valence-corrected chi connectivity index (χ2v) is 9.58. The topological polar surface area (TPSA) is 54.3 Å². The van der Waals surface area contributed by atoms with Crippen molar-refractivity contribution in [2.75, 3.05) is 10.7 Å². The third kappa shape index (κ3) is 4.32. The molecule has 0 aliphatic carbocycles. The maximum atomic E-state index is 13.9. The highest BCUT2D eigenvalue weighted by atomic mass is 32.2. The number of fused-ring (bicyclic) bond motifs is 3. The zero-order valence-electron chi connectivity index (χ0n) is 19.6. The Morgan fingerprint density at radius 2 is 1.83 bits per heavy atom. The normalized spacial score (nSPS) is 15.7. The van der Waals surface area contributed by atoms with E-state index in [-0.39, 0.29) is 29.9 Å². The van der Waals surface area contributed by atoms with Crippen molar-refractivity contribution in [2.45, 2.75) is 31.0 Å². The lowest BCUT2D eigenvalue weighted by Gasteiger charge is -2.30. The Hall–Kier alpha value is -3.58. The van der Waals surface area contributed by atoms with Crippen LogP contribution in [0.1, 0.15) is 29.7 Å². The third-order valence-corrected chi connectivity index (χ3v) is 7.61. The van der Waals surface area contributed by atoms with Crippen molar-refractivity contribution in [1.82, 2.24) is 9.88 Å². The average Bonchev–Trinajstić information content (AvgIpc) is 3.05. The van der Waals surface area contributed by atoms with Crippen LogP contribution in [0, 0.1) is 5.82 Å². The number of benzene rings is 3. The lowest BCUT2D eigenvalue weighted by Crippen LogP contribution is -2.43. The molecule has 3 aromatic carbocycles. The van der Waals surface area contributed by atoms with Gasteiger partial charge in [0.15, 0.2) is 0 Å². The highest BCUT2D eigenvalue weighted by Gasteiger charge is 2.39. The van der Waals surface area contributed by atoms with Gasteiger partial charge in [-0.25, -0.2) is 4.39 Å². The van der Waals surface area contributed by atoms with E-state index in [4.69, 9.17) is 0 Å². The molecule has 4 aromatic rings. The predicted octanol–water partition coefficient (Wildman–Crippen LogP) is 5.38. The van der Waals surface area contributed by atoms with Crippen LogP contribution in [-0.4, -0.2) is 22.1 Å². The molecule has 0 bridgehead atoms. The first kappa shape index (κ1) is 23.2. The van der Waals surface area contributed by atoms with Crippen molar-refractivity contribution in [3.63, 3.8) is 0 Å². The third-order valence-electron chi connectivity index (χ3n) is 6.45. The minimum atomic E-state index is -0.842. The molecule has 35 heavy (non-hydrogen) atoms. The van der Waals surface area contributed by atoms with E-state index in [0.29, 0.717) is 5.69 Å². The van der Waals surface area contributed by atoms with Crippen molar-refractivity contribution in [3.05, 3.63) is 95.3 Å². The number of aromatic nitrogens is 1. The summed E-state index contributed by atoms with van der Waals surface area (Å²) in [5.41, 5.74) is 4.43. The van der Waals surface area contributed by atoms with Crippen LogP contribution < -0.4 is 10.2 Å². The van der Waals surface area contributed by atoms with E-state index in [1.807, 2.05) is 55.6 Å². The van der Waals surface area contributed by atoms with E-state index in [1.54, 1.807) is 17.0 Å². The number of rotatable bonds is 5. The van der Waals surface area contributed by atoms with E-state index >= 15 is 0 Å². The van der Waals surface area contributed by atoms with E-state index in [1.165, 1.54) is 23.9 Å². The molecule has 1 aromatic heterocycles. The molecule has 178 valence electrons. The number of amides is 2. The Morgan fingerprint density at radius 3 is 2.60 bits per heavy atom. The second kappa shape index (κ2) is 9.58. The van der Waals surface area contributed by atoms with Gasteiger partial charge in [0.2, 0.25) is 11.8 Å². The Labute approximate surface area is 207 Å². The molecule has 2 heterocycles. The average molecular weight is 488 g/mol. The number of carbonyl (C=O) groups is 2. The quantitative estimate of drug-likeness (QED) is 0.411. The smallest absolute Gasteiger partial charge is 0.248 e. The van der Waals surface area contributed by atoms with Crippen molar-refractivity contribution < 1.29 is 14.0 Å². The molecule has 5 nitrogen and oxygen atoms in total. The van der Waals surface area contributed by atoms with E-state index < -0.39 is 6.04 Å². The molecular formula is C28H26FN3O2S. The summed E-state index contributed by atoms with van der Waals surface area (Å²) in [7, 11) is 1.97. The summed E-state index contributed by atoms with van der Waals surface area (Å²) < 4.78 is 15.4. The van der Waals surface area contributed by atoms with Gasteiger partial charge in [-0.1, -0.05) is 61.2 Å². The first-order valence-corrected chi connectivity index (χ1v) is 12.6. The largest absolute Gasteiger partial charge is 0.350 e. The molecule has 0 saturated carbocycles. The number of anilines is 1. The van der Waals surface area contributed by atoms with Gasteiger partial charge in [0, 0.05) is 35.7 Å². The van der Waals surface area contributed by atoms with E-state index in [9.17, 15) is 14.0 Å². The molecular weight excluding hydrogens is 461 g/mol. The van der Waals surface area contributed by atoms with Gasteiger partial charge in [0.05, 0.1) is 10.8 Å².